The van der Waals surface area contributed by atoms with Crippen molar-refractivity contribution in [2.45, 2.75) is 50.4 Å². The number of carboxylic acids is 1. The van der Waals surface area contributed by atoms with Crippen molar-refractivity contribution in [3.8, 4) is 0 Å². The molecule has 0 aliphatic carbocycles. The number of nitrogens with zero attached hydrogens (tertiary/aromatic N) is 1. The lowest BCUT2D eigenvalue weighted by Gasteiger charge is -2.25. The quantitative estimate of drug-likeness (QED) is 0.0735. The van der Waals surface area contributed by atoms with Gasteiger partial charge in [-0.25, -0.2) is 4.79 Å². The van der Waals surface area contributed by atoms with Gasteiger partial charge in [0.25, 0.3) is 0 Å². The fraction of sp³-hybridized carbons (Fsp3) is 0.435. The lowest BCUT2D eigenvalue weighted by atomic mass is 10.0. The van der Waals surface area contributed by atoms with E-state index in [0.717, 1.165) is 10.9 Å². The van der Waals surface area contributed by atoms with Crippen LogP contribution in [0.25, 0.3) is 10.9 Å². The summed E-state index contributed by atoms with van der Waals surface area (Å²) in [7, 11) is 0. The molecule has 4 unspecified atom stereocenters. The van der Waals surface area contributed by atoms with E-state index in [2.05, 4.69) is 25.9 Å². The molecule has 0 bridgehead atoms. The Bertz CT molecular complexity index is 1130. The molecule has 0 radical (unpaired) electrons. The first-order valence-electron chi connectivity index (χ1n) is 11.6. The van der Waals surface area contributed by atoms with Crippen molar-refractivity contribution in [3.05, 3.63) is 36.0 Å². The molecule has 0 aliphatic rings. The fourth-order valence-corrected chi connectivity index (χ4v) is 3.66. The highest BCUT2D eigenvalue weighted by atomic mass is 16.4. The van der Waals surface area contributed by atoms with Crippen LogP contribution in [0.1, 0.15) is 25.3 Å². The Morgan fingerprint density at radius 2 is 1.73 bits per heavy atom. The Morgan fingerprint density at radius 1 is 1.05 bits per heavy atom. The number of fused-ring (bicyclic) bond motifs is 1. The number of aliphatic carboxylic acids is 1. The van der Waals surface area contributed by atoms with Gasteiger partial charge in [-0.1, -0.05) is 18.2 Å². The minimum Gasteiger partial charge on any atom is -0.480 e. The number of aliphatic hydroxyl groups excluding tert-OH is 1. The minimum absolute atomic E-state index is 0.0113. The summed E-state index contributed by atoms with van der Waals surface area (Å²) in [5.74, 6) is -3.70. The number of carbonyl (C=O) groups excluding carboxylic acids is 3. The SMILES string of the molecule is CC(O)C(NC(=O)CN)C(=O)NC(CCCN=C(N)N)C(=O)NC(Cc1c[nH]c2ccccc12)C(=O)O. The van der Waals surface area contributed by atoms with Crippen molar-refractivity contribution in [2.24, 2.45) is 22.2 Å². The van der Waals surface area contributed by atoms with Crippen molar-refractivity contribution >= 4 is 40.6 Å². The number of aliphatic hydroxyl groups is 1. The number of rotatable bonds is 14. The predicted molar refractivity (Wildman–Crippen MR) is 136 cm³/mol. The summed E-state index contributed by atoms with van der Waals surface area (Å²) in [6.45, 7) is 1.03. The summed E-state index contributed by atoms with van der Waals surface area (Å²) in [5, 5.41) is 27.8. The first kappa shape index (κ1) is 29.1. The third-order valence-corrected chi connectivity index (χ3v) is 5.56. The highest BCUT2D eigenvalue weighted by molar-refractivity contribution is 5.94. The van der Waals surface area contributed by atoms with Crippen molar-refractivity contribution in [1.29, 1.82) is 0 Å². The van der Waals surface area contributed by atoms with E-state index in [0.29, 0.717) is 5.56 Å². The van der Waals surface area contributed by atoms with Crippen LogP contribution < -0.4 is 33.2 Å². The number of carboxylic acid groups (broad SMARTS) is 1. The molecule has 0 saturated carbocycles. The number of aromatic nitrogens is 1. The molecule has 4 atom stereocenters. The molecule has 2 rings (SSSR count). The maximum Gasteiger partial charge on any atom is 0.326 e. The average molecular weight is 519 g/mol. The van der Waals surface area contributed by atoms with Gasteiger partial charge >= 0.3 is 5.97 Å². The third kappa shape index (κ3) is 8.77. The maximum atomic E-state index is 13.1. The molecule has 14 nitrogen and oxygen atoms in total. The normalized spacial score (nSPS) is 14.1. The molecule has 0 spiro atoms. The van der Waals surface area contributed by atoms with E-state index in [1.54, 1.807) is 6.20 Å². The van der Waals surface area contributed by atoms with E-state index in [1.807, 2.05) is 24.3 Å². The molecule has 14 heteroatoms. The zero-order valence-corrected chi connectivity index (χ0v) is 20.4. The number of aromatic amines is 1. The molecule has 1 aromatic carbocycles. The summed E-state index contributed by atoms with van der Waals surface area (Å²) in [4.78, 5) is 56.5. The average Bonchev–Trinajstić information content (AvgIpc) is 3.25. The van der Waals surface area contributed by atoms with Gasteiger partial charge < -0.3 is 48.3 Å². The standard InChI is InChI=1S/C23H34N8O6/c1-12(32)19(31-18(33)10-24)21(35)29-16(7-4-8-27-23(25)26)20(34)30-17(22(36)37)9-13-11-28-15-6-3-2-5-14(13)15/h2-3,5-6,11-12,16-17,19,28,32H,4,7-10,24H2,1H3,(H,29,35)(H,30,34)(H,31,33)(H,36,37)(H4,25,26,27). The van der Waals surface area contributed by atoms with Crippen LogP contribution in [0.3, 0.4) is 0 Å². The number of para-hydroxylation sites is 1. The molecule has 3 amide bonds. The van der Waals surface area contributed by atoms with Gasteiger partial charge in [-0.15, -0.1) is 0 Å². The van der Waals surface area contributed by atoms with E-state index in [-0.39, 0.29) is 31.8 Å². The second kappa shape index (κ2) is 13.8. The number of hydrogen-bond acceptors (Lipinski definition) is 7. The zero-order chi connectivity index (χ0) is 27.5. The Labute approximate surface area is 213 Å². The molecule has 0 aliphatic heterocycles. The molecule has 2 aromatic rings. The second-order valence-electron chi connectivity index (χ2n) is 8.46. The summed E-state index contributed by atoms with van der Waals surface area (Å²) >= 11 is 0. The van der Waals surface area contributed by atoms with Crippen LogP contribution in [0.2, 0.25) is 0 Å². The number of amides is 3. The van der Waals surface area contributed by atoms with E-state index < -0.39 is 54.5 Å². The van der Waals surface area contributed by atoms with E-state index in [4.69, 9.17) is 17.2 Å². The fourth-order valence-electron chi connectivity index (χ4n) is 3.66. The van der Waals surface area contributed by atoms with Gasteiger partial charge in [0.05, 0.1) is 12.6 Å². The maximum absolute atomic E-state index is 13.1. The van der Waals surface area contributed by atoms with Crippen molar-refractivity contribution in [3.63, 3.8) is 0 Å². The monoisotopic (exact) mass is 518 g/mol. The smallest absolute Gasteiger partial charge is 0.326 e. The van der Waals surface area contributed by atoms with E-state index in [9.17, 15) is 29.4 Å². The van der Waals surface area contributed by atoms with Crippen LogP contribution in [0.15, 0.2) is 35.5 Å². The van der Waals surface area contributed by atoms with Crippen LogP contribution >= 0.6 is 0 Å². The zero-order valence-electron chi connectivity index (χ0n) is 20.4. The molecule has 12 N–H and O–H groups in total. The predicted octanol–water partition coefficient (Wildman–Crippen LogP) is -2.36. The first-order chi connectivity index (χ1) is 17.5. The van der Waals surface area contributed by atoms with Crippen molar-refractivity contribution in [1.82, 2.24) is 20.9 Å². The van der Waals surface area contributed by atoms with Gasteiger partial charge in [0.15, 0.2) is 5.96 Å². The molecule has 202 valence electrons. The summed E-state index contributed by atoms with van der Waals surface area (Å²) < 4.78 is 0. The Balaban J connectivity index is 2.20. The Morgan fingerprint density at radius 3 is 2.35 bits per heavy atom. The molecule has 37 heavy (non-hydrogen) atoms. The molecule has 0 saturated heterocycles. The number of nitrogens with one attached hydrogen (secondary N) is 4. The topological polar surface area (TPSA) is 251 Å². The van der Waals surface area contributed by atoms with E-state index in [1.165, 1.54) is 6.92 Å². The van der Waals surface area contributed by atoms with Gasteiger partial charge in [-0.2, -0.15) is 0 Å². The number of carbonyl (C=O) groups is 4. The number of hydrogen-bond donors (Lipinski definition) is 9. The van der Waals surface area contributed by atoms with Crippen LogP contribution in [0, 0.1) is 0 Å². The Hall–Kier alpha value is -4.17. The van der Waals surface area contributed by atoms with Crippen molar-refractivity contribution < 1.29 is 29.4 Å². The lowest BCUT2D eigenvalue weighted by Crippen LogP contribution is -2.58. The van der Waals surface area contributed by atoms with Gasteiger partial charge in [0, 0.05) is 30.1 Å². The molecule has 1 aromatic heterocycles. The largest absolute Gasteiger partial charge is 0.480 e. The molecule has 1 heterocycles. The highest BCUT2D eigenvalue weighted by Crippen LogP contribution is 2.19. The Kier molecular flexibility index (Phi) is 10.8. The summed E-state index contributed by atoms with van der Waals surface area (Å²) in [6.07, 6.45) is 0.683. The summed E-state index contributed by atoms with van der Waals surface area (Å²) in [5.41, 5.74) is 17.4. The lowest BCUT2D eigenvalue weighted by molar-refractivity contribution is -0.142. The van der Waals surface area contributed by atoms with E-state index >= 15 is 0 Å². The van der Waals surface area contributed by atoms with Crippen LogP contribution in [-0.2, 0) is 25.6 Å². The van der Waals surface area contributed by atoms with Crippen molar-refractivity contribution in [2.75, 3.05) is 13.1 Å². The number of aliphatic imine (C=N–C) groups is 1. The highest BCUT2D eigenvalue weighted by Gasteiger charge is 2.31. The molecular weight excluding hydrogens is 484 g/mol. The second-order valence-corrected chi connectivity index (χ2v) is 8.46. The first-order valence-corrected chi connectivity index (χ1v) is 11.6. The van der Waals surface area contributed by atoms with Gasteiger partial charge in [0.1, 0.15) is 18.1 Å². The van der Waals surface area contributed by atoms with Gasteiger partial charge in [-0.05, 0) is 31.4 Å². The van der Waals surface area contributed by atoms with Gasteiger partial charge in [-0.3, -0.25) is 19.4 Å². The number of nitrogens with two attached hydrogens (primary N) is 3. The number of benzene rings is 1. The minimum atomic E-state index is -1.38. The van der Waals surface area contributed by atoms with Crippen LogP contribution in [-0.4, -0.2) is 82.2 Å². The third-order valence-electron chi connectivity index (χ3n) is 5.56. The molecule has 0 fully saturated rings. The number of H-pyrrole nitrogens is 1. The van der Waals surface area contributed by atoms with Crippen LogP contribution in [0.5, 0.6) is 0 Å². The number of guanidine groups is 1. The van der Waals surface area contributed by atoms with Gasteiger partial charge in [0.2, 0.25) is 17.7 Å². The molecular formula is C23H34N8O6. The summed E-state index contributed by atoms with van der Waals surface area (Å²) in [6, 6.07) is 3.45. The van der Waals surface area contributed by atoms with Crippen LogP contribution in [0.4, 0.5) is 0 Å².